The van der Waals surface area contributed by atoms with Crippen molar-refractivity contribution in [2.45, 2.75) is 51.4 Å². The van der Waals surface area contributed by atoms with E-state index in [9.17, 15) is 39.5 Å². The van der Waals surface area contributed by atoms with Crippen molar-refractivity contribution in [3.05, 3.63) is 143 Å². The first kappa shape index (κ1) is 36.4. The molecule has 0 aliphatic heterocycles. The molecule has 0 aliphatic carbocycles. The van der Waals surface area contributed by atoms with Crippen LogP contribution >= 0.6 is 8.16 Å². The molecule has 53 heavy (non-hydrogen) atoms. The van der Waals surface area contributed by atoms with Crippen molar-refractivity contribution < 1.29 is 47.9 Å². The van der Waals surface area contributed by atoms with Crippen LogP contribution in [-0.4, -0.2) is 6.04 Å². The van der Waals surface area contributed by atoms with Crippen LogP contribution < -0.4 is 4.67 Å². The molecule has 3 nitrogen and oxygen atoms in total. The highest BCUT2D eigenvalue weighted by Crippen LogP contribution is 2.49. The second-order valence-electron chi connectivity index (χ2n) is 13.1. The van der Waals surface area contributed by atoms with Gasteiger partial charge >= 0.3 is 26.7 Å². The van der Waals surface area contributed by atoms with Crippen LogP contribution in [0.5, 0.6) is 0 Å². The summed E-state index contributed by atoms with van der Waals surface area (Å²) in [6, 6.07) is 23.7. The molecule has 1 atom stereocenters. The van der Waals surface area contributed by atoms with Crippen molar-refractivity contribution in [2.24, 2.45) is 0 Å². The molecule has 13 heteroatoms. The van der Waals surface area contributed by atoms with Crippen LogP contribution in [0.15, 0.2) is 118 Å². The van der Waals surface area contributed by atoms with Crippen LogP contribution in [0, 0.1) is 6.92 Å². The van der Waals surface area contributed by atoms with Gasteiger partial charge in [-0.1, -0.05) is 72.3 Å². The van der Waals surface area contributed by atoms with E-state index in [1.807, 2.05) is 60.7 Å². The van der Waals surface area contributed by atoms with Gasteiger partial charge in [-0.15, -0.1) is 0 Å². The molecule has 1 heterocycles. The van der Waals surface area contributed by atoms with E-state index in [-0.39, 0.29) is 17.2 Å². The van der Waals surface area contributed by atoms with Gasteiger partial charge in [0, 0.05) is 16.8 Å². The summed E-state index contributed by atoms with van der Waals surface area (Å²) < 4.78 is 143. The number of fused-ring (bicyclic) bond motifs is 7. The fourth-order valence-electron chi connectivity index (χ4n) is 6.80. The van der Waals surface area contributed by atoms with Crippen molar-refractivity contribution in [3.63, 3.8) is 0 Å². The molecule has 7 aromatic rings. The summed E-state index contributed by atoms with van der Waals surface area (Å²) in [7, 11) is -2.51. The summed E-state index contributed by atoms with van der Waals surface area (Å²) in [6.07, 6.45) is -15.3. The molecule has 0 saturated carbocycles. The molecule has 0 spiro atoms. The van der Waals surface area contributed by atoms with Gasteiger partial charge in [0.2, 0.25) is 0 Å². The largest absolute Gasteiger partial charge is 0.416 e. The Morgan fingerprint density at radius 1 is 0.528 bits per heavy atom. The van der Waals surface area contributed by atoms with E-state index in [2.05, 4.69) is 0 Å². The number of rotatable bonds is 5. The highest BCUT2D eigenvalue weighted by molar-refractivity contribution is 7.39. The molecular weight excluding hydrogens is 728 g/mol. The van der Waals surface area contributed by atoms with Gasteiger partial charge in [0.25, 0.3) is 0 Å². The summed E-state index contributed by atoms with van der Waals surface area (Å²) >= 11 is 0. The Morgan fingerprint density at radius 2 is 0.943 bits per heavy atom. The highest BCUT2D eigenvalue weighted by Gasteiger charge is 2.40. The third-order valence-electron chi connectivity index (χ3n) is 9.04. The van der Waals surface area contributed by atoms with E-state index in [1.54, 1.807) is 26.0 Å². The Labute approximate surface area is 297 Å². The van der Waals surface area contributed by atoms with Crippen molar-refractivity contribution in [3.8, 4) is 0 Å². The van der Waals surface area contributed by atoms with E-state index >= 15 is 0 Å². The molecule has 0 bridgehead atoms. The molecule has 0 N–H and O–H groups in total. The van der Waals surface area contributed by atoms with Crippen LogP contribution in [0.25, 0.3) is 43.5 Å². The number of nitrogens with zero attached hydrogens (tertiary/aromatic N) is 1. The molecule has 0 fully saturated rings. The number of alkyl halides is 9. The molecule has 0 radical (unpaired) electrons. The van der Waals surface area contributed by atoms with E-state index in [0.717, 1.165) is 33.7 Å². The van der Waals surface area contributed by atoms with E-state index in [0.29, 0.717) is 34.1 Å². The first-order valence-electron chi connectivity index (χ1n) is 16.4. The molecule has 0 aliphatic rings. The van der Waals surface area contributed by atoms with E-state index < -0.39 is 61.0 Å². The van der Waals surface area contributed by atoms with Crippen molar-refractivity contribution >= 4 is 51.6 Å². The van der Waals surface area contributed by atoms with Crippen molar-refractivity contribution in [1.29, 1.82) is 0 Å². The average molecular weight is 758 g/mol. The van der Waals surface area contributed by atoms with Crippen molar-refractivity contribution in [1.82, 2.24) is 0 Å². The van der Waals surface area contributed by atoms with Gasteiger partial charge in [-0.3, -0.25) is 0 Å². The second kappa shape index (κ2) is 13.2. The first-order chi connectivity index (χ1) is 24.9. The van der Waals surface area contributed by atoms with E-state index in [4.69, 9.17) is 8.39 Å². The van der Waals surface area contributed by atoms with Crippen LogP contribution in [-0.2, 0) is 18.5 Å². The lowest BCUT2D eigenvalue weighted by atomic mass is 9.92. The lowest BCUT2D eigenvalue weighted by Crippen LogP contribution is -2.34. The third kappa shape index (κ3) is 6.98. The Bertz CT molecular complexity index is 2420. The number of hydrogen-bond acceptors (Lipinski definition) is 3. The number of hydrogen-bond donors (Lipinski definition) is 0. The zero-order valence-corrected chi connectivity index (χ0v) is 29.1. The lowest BCUT2D eigenvalue weighted by Gasteiger charge is -2.33. The molecule has 274 valence electrons. The van der Waals surface area contributed by atoms with Crippen LogP contribution in [0.4, 0.5) is 39.5 Å². The summed E-state index contributed by atoms with van der Waals surface area (Å²) in [5.41, 5.74) is -4.35. The van der Waals surface area contributed by atoms with Gasteiger partial charge in [-0.05, 0) is 95.9 Å². The maximum atomic E-state index is 14.3. The minimum atomic E-state index is -5.21. The predicted molar refractivity (Wildman–Crippen MR) is 189 cm³/mol. The summed E-state index contributed by atoms with van der Waals surface area (Å²) in [5.74, 6) is 0. The Balaban J connectivity index is 1.63. The molecule has 6 aromatic carbocycles. The lowest BCUT2D eigenvalue weighted by molar-refractivity contribution is -0.143. The minimum Gasteiger partial charge on any atom is -0.408 e. The standard InChI is InChI=1S/C40H29F9NO2P/c1-22(2)50(37(26-16-23(3)17-28(18-26)38(41,42)43)27-19-29(39(44,45)46)21-30(20-27)40(47,48)49)53-51-33-14-12-24-8-4-6-10-31(24)35(33)36-32-11-7-5-9-25(32)13-15-34(36)52-53/h4-22,37H,1-3H3. The Morgan fingerprint density at radius 3 is 1.38 bits per heavy atom. The van der Waals surface area contributed by atoms with Gasteiger partial charge < -0.3 is 8.39 Å². The SMILES string of the molecule is Cc1cc(C(c2cc(C(F)(F)F)cc(C(F)(F)F)c2)N(C(C)C)p2oc3ccc4ccccc4c3c3c(ccc4ccccc43)o2)cc(C(F)(F)F)c1. The first-order valence-corrected chi connectivity index (χ1v) is 17.5. The number of halogens is 9. The van der Waals surface area contributed by atoms with Crippen molar-refractivity contribution in [2.75, 3.05) is 4.67 Å². The maximum absolute atomic E-state index is 14.3. The maximum Gasteiger partial charge on any atom is 0.416 e. The van der Waals surface area contributed by atoms with Crippen LogP contribution in [0.2, 0.25) is 0 Å². The molecule has 7 rings (SSSR count). The Hall–Kier alpha value is -4.93. The second-order valence-corrected chi connectivity index (χ2v) is 14.4. The molecule has 0 amide bonds. The average Bonchev–Trinajstić information content (AvgIpc) is 3.26. The topological polar surface area (TPSA) is 29.5 Å². The zero-order valence-electron chi connectivity index (χ0n) is 28.2. The van der Waals surface area contributed by atoms with Gasteiger partial charge in [0.15, 0.2) is 0 Å². The molecular formula is C40H29F9NO2P. The molecule has 1 aromatic heterocycles. The van der Waals surface area contributed by atoms with Gasteiger partial charge in [-0.25, -0.2) is 0 Å². The zero-order chi connectivity index (χ0) is 38.0. The van der Waals surface area contributed by atoms with Crippen LogP contribution in [0.1, 0.15) is 53.3 Å². The van der Waals surface area contributed by atoms with E-state index in [1.165, 1.54) is 17.7 Å². The molecule has 1 unspecified atom stereocenters. The smallest absolute Gasteiger partial charge is 0.408 e. The highest BCUT2D eigenvalue weighted by atomic mass is 31.1. The predicted octanol–water partition coefficient (Wildman–Crippen LogP) is 14.1. The van der Waals surface area contributed by atoms with Gasteiger partial charge in [0.05, 0.1) is 22.7 Å². The number of aryl methyl sites for hydroxylation is 1. The van der Waals surface area contributed by atoms with Gasteiger partial charge in [-0.2, -0.15) is 44.2 Å². The molecule has 0 saturated heterocycles. The quantitative estimate of drug-likeness (QED) is 0.164. The fraction of sp³-hybridized carbons (Fsp3) is 0.200. The minimum absolute atomic E-state index is 0.00957. The number of benzene rings is 6. The van der Waals surface area contributed by atoms with Gasteiger partial charge in [0.1, 0.15) is 11.2 Å². The summed E-state index contributed by atoms with van der Waals surface area (Å²) in [6.45, 7) is 4.61. The summed E-state index contributed by atoms with van der Waals surface area (Å²) in [5, 5.41) is 4.60. The fourth-order valence-corrected chi connectivity index (χ4v) is 8.50. The monoisotopic (exact) mass is 757 g/mol. The third-order valence-corrected chi connectivity index (χ3v) is 10.8. The normalized spacial score (nSPS) is 13.5. The summed E-state index contributed by atoms with van der Waals surface area (Å²) in [4.78, 5) is 0. The van der Waals surface area contributed by atoms with Crippen LogP contribution in [0.3, 0.4) is 0 Å². The Kier molecular flexibility index (Phi) is 9.06.